The monoisotopic (exact) mass is 1140 g/mol. The number of nitrogens with zero attached hydrogens (tertiary/aromatic N) is 4. The van der Waals surface area contributed by atoms with E-state index in [0.29, 0.717) is 0 Å². The molecule has 0 aliphatic heterocycles. The van der Waals surface area contributed by atoms with E-state index >= 15 is 0 Å². The summed E-state index contributed by atoms with van der Waals surface area (Å²) in [5, 5.41) is 0. The van der Waals surface area contributed by atoms with E-state index in [9.17, 15) is 0 Å². The van der Waals surface area contributed by atoms with Crippen LogP contribution in [0.1, 0.15) is 228 Å². The van der Waals surface area contributed by atoms with E-state index in [4.69, 9.17) is 18.9 Å². The number of benzene rings is 3. The molecule has 0 unspecified atom stereocenters. The summed E-state index contributed by atoms with van der Waals surface area (Å²) in [7, 11) is 27.5. The molecule has 0 saturated carbocycles. The van der Waals surface area contributed by atoms with Crippen molar-refractivity contribution in [3.63, 3.8) is 0 Å². The molecule has 3 rings (SSSR count). The molecule has 0 amide bonds. The van der Waals surface area contributed by atoms with Gasteiger partial charge in [-0.1, -0.05) is 177 Å². The fourth-order valence-electron chi connectivity index (χ4n) is 10.6. The lowest BCUT2D eigenvalue weighted by atomic mass is 10.1. The van der Waals surface area contributed by atoms with Crippen LogP contribution < -0.4 is 18.9 Å². The molecule has 3 aromatic carbocycles. The van der Waals surface area contributed by atoms with Crippen molar-refractivity contribution in [2.45, 2.75) is 205 Å². The zero-order valence-electron chi connectivity index (χ0n) is 55.8. The standard InChI is InChI=1S/C74H130N4O4/c1-75(2,3)53-37-29-21-13-17-25-33-41-57-79-71-61-69(62-72(65-71)80-58-42-34-26-18-14-22-30-38-54-76(4,5)6)51-49-67-45-47-68(48-46-67)50-52-70-63-73(81-59-43-35-27-19-15-23-31-39-55-77(7,8)9)66-74(64-70)82-60-44-36-28-20-16-24-32-40-56-78(10,11)12/h45-52,61-66H,13-44,53-60H2,1-12H3/q+4/b51-49+,52-50+. The fourth-order valence-corrected chi connectivity index (χ4v) is 10.6. The molecule has 0 saturated heterocycles. The first-order valence-corrected chi connectivity index (χ1v) is 33.7. The second-order valence-corrected chi connectivity index (χ2v) is 28.6. The second kappa shape index (κ2) is 42.9. The first-order chi connectivity index (χ1) is 39.2. The molecule has 0 aliphatic carbocycles. The van der Waals surface area contributed by atoms with Crippen LogP contribution in [0.5, 0.6) is 23.0 Å². The molecule has 0 atom stereocenters. The smallest absolute Gasteiger partial charge is 0.123 e. The van der Waals surface area contributed by atoms with Crippen LogP contribution in [0.2, 0.25) is 0 Å². The SMILES string of the molecule is C[N+](C)(C)CCCCCCCCCCOc1cc(/C=C/c2ccc(/C=C/c3cc(OCCCCCCCCCC[N+](C)(C)C)cc(OCCCCCCCCCC[N+](C)(C)C)c3)cc2)cc(OCCCCCCCCCC[N+](C)(C)C)c1. The minimum atomic E-state index is 0.739. The second-order valence-electron chi connectivity index (χ2n) is 28.6. The molecule has 0 fully saturated rings. The van der Waals surface area contributed by atoms with Gasteiger partial charge < -0.3 is 36.9 Å². The van der Waals surface area contributed by atoms with Crippen LogP contribution in [0.25, 0.3) is 24.3 Å². The molecule has 0 N–H and O–H groups in total. The summed E-state index contributed by atoms with van der Waals surface area (Å²) in [6.45, 7) is 8.04. The van der Waals surface area contributed by atoms with Crippen LogP contribution in [0.3, 0.4) is 0 Å². The van der Waals surface area contributed by atoms with Crippen molar-refractivity contribution >= 4 is 24.3 Å². The molecule has 0 radical (unpaired) electrons. The number of unbranched alkanes of at least 4 members (excludes halogenated alkanes) is 28. The lowest BCUT2D eigenvalue weighted by Crippen LogP contribution is -2.35. The number of rotatable bonds is 52. The van der Waals surface area contributed by atoms with Gasteiger partial charge in [-0.3, -0.25) is 0 Å². The van der Waals surface area contributed by atoms with Crippen LogP contribution in [-0.2, 0) is 0 Å². The highest BCUT2D eigenvalue weighted by Crippen LogP contribution is 2.28. The largest absolute Gasteiger partial charge is 0.493 e. The van der Waals surface area contributed by atoms with Gasteiger partial charge in [0.05, 0.1) is 137 Å². The number of quaternary nitrogens is 4. The highest BCUT2D eigenvalue weighted by Gasteiger charge is 2.10. The van der Waals surface area contributed by atoms with Gasteiger partial charge in [-0.2, -0.15) is 0 Å². The molecule has 0 spiro atoms. The fraction of sp³-hybridized carbons (Fsp3) is 0.703. The Bertz CT molecular complexity index is 1830. The van der Waals surface area contributed by atoms with Gasteiger partial charge in [0.1, 0.15) is 23.0 Å². The average molecular weight is 1140 g/mol. The van der Waals surface area contributed by atoms with E-state index in [2.05, 4.69) is 170 Å². The third kappa shape index (κ3) is 42.9. The minimum absolute atomic E-state index is 0.739. The summed E-state index contributed by atoms with van der Waals surface area (Å²) < 4.78 is 29.9. The van der Waals surface area contributed by atoms with E-state index in [0.717, 1.165) is 115 Å². The molecule has 0 aliphatic rings. The summed E-state index contributed by atoms with van der Waals surface area (Å²) in [5.74, 6) is 3.59. The Morgan fingerprint density at radius 1 is 0.220 bits per heavy atom. The van der Waals surface area contributed by atoms with E-state index in [1.165, 1.54) is 206 Å². The van der Waals surface area contributed by atoms with Crippen LogP contribution in [0.15, 0.2) is 60.7 Å². The Hall–Kier alpha value is -3.82. The summed E-state index contributed by atoms with van der Waals surface area (Å²) in [4.78, 5) is 0. The molecule has 3 aromatic rings. The van der Waals surface area contributed by atoms with Gasteiger partial charge in [0.15, 0.2) is 0 Å². The highest BCUT2D eigenvalue weighted by atomic mass is 16.5. The summed E-state index contributed by atoms with van der Waals surface area (Å²) in [6, 6.07) is 21.7. The molecular weight excluding hydrogens is 1010 g/mol. The Morgan fingerprint density at radius 3 is 0.585 bits per heavy atom. The first kappa shape index (κ1) is 72.4. The third-order valence-corrected chi connectivity index (χ3v) is 15.6. The molecular formula is C74H130N4O4+4. The lowest BCUT2D eigenvalue weighted by Gasteiger charge is -2.23. The van der Waals surface area contributed by atoms with Gasteiger partial charge in [0.2, 0.25) is 0 Å². The minimum Gasteiger partial charge on any atom is -0.493 e. The summed E-state index contributed by atoms with van der Waals surface area (Å²) in [5.41, 5.74) is 4.51. The third-order valence-electron chi connectivity index (χ3n) is 15.6. The van der Waals surface area contributed by atoms with E-state index in [1.807, 2.05) is 0 Å². The topological polar surface area (TPSA) is 36.9 Å². The summed E-state index contributed by atoms with van der Waals surface area (Å²) >= 11 is 0. The number of ether oxygens (including phenoxy) is 4. The van der Waals surface area contributed by atoms with Gasteiger partial charge in [0, 0.05) is 12.1 Å². The van der Waals surface area contributed by atoms with Crippen molar-refractivity contribution in [1.82, 2.24) is 0 Å². The van der Waals surface area contributed by atoms with E-state index in [1.54, 1.807) is 0 Å². The normalized spacial score (nSPS) is 12.5. The Kier molecular flexibility index (Phi) is 37.9. The van der Waals surface area contributed by atoms with Crippen LogP contribution in [0.4, 0.5) is 0 Å². The maximum Gasteiger partial charge on any atom is 0.123 e. The quantitative estimate of drug-likeness (QED) is 0.0321. The predicted octanol–water partition coefficient (Wildman–Crippen LogP) is 18.9. The van der Waals surface area contributed by atoms with Gasteiger partial charge in [-0.15, -0.1) is 0 Å². The van der Waals surface area contributed by atoms with Crippen molar-refractivity contribution in [3.8, 4) is 23.0 Å². The van der Waals surface area contributed by atoms with Crippen molar-refractivity contribution in [3.05, 3.63) is 82.9 Å². The zero-order valence-corrected chi connectivity index (χ0v) is 55.8. The molecule has 8 heteroatoms. The zero-order chi connectivity index (χ0) is 59.6. The maximum absolute atomic E-state index is 6.42. The van der Waals surface area contributed by atoms with E-state index in [-0.39, 0.29) is 0 Å². The average Bonchev–Trinajstić information content (AvgIpc) is 3.53. The van der Waals surface area contributed by atoms with Gasteiger partial charge in [-0.25, -0.2) is 0 Å². The van der Waals surface area contributed by atoms with Gasteiger partial charge in [-0.05, 0) is 124 Å². The molecule has 0 heterocycles. The number of hydrogen-bond donors (Lipinski definition) is 0. The van der Waals surface area contributed by atoms with Crippen molar-refractivity contribution in [2.75, 3.05) is 137 Å². The molecule has 0 bridgehead atoms. The van der Waals surface area contributed by atoms with Crippen LogP contribution >= 0.6 is 0 Å². The van der Waals surface area contributed by atoms with Gasteiger partial charge in [0.25, 0.3) is 0 Å². The van der Waals surface area contributed by atoms with Crippen LogP contribution in [-0.4, -0.2) is 155 Å². The Balaban J connectivity index is 1.58. The Labute approximate surface area is 507 Å². The van der Waals surface area contributed by atoms with Crippen molar-refractivity contribution in [1.29, 1.82) is 0 Å². The van der Waals surface area contributed by atoms with E-state index < -0.39 is 0 Å². The van der Waals surface area contributed by atoms with Crippen molar-refractivity contribution < 1.29 is 36.9 Å². The van der Waals surface area contributed by atoms with Crippen LogP contribution in [0, 0.1) is 0 Å². The molecule has 8 nitrogen and oxygen atoms in total. The van der Waals surface area contributed by atoms with Crippen molar-refractivity contribution in [2.24, 2.45) is 0 Å². The lowest BCUT2D eigenvalue weighted by molar-refractivity contribution is -0.870. The maximum atomic E-state index is 6.42. The molecule has 0 aromatic heterocycles. The molecule has 82 heavy (non-hydrogen) atoms. The Morgan fingerprint density at radius 2 is 0.390 bits per heavy atom. The molecule has 466 valence electrons. The summed E-state index contributed by atoms with van der Waals surface area (Å²) in [6.07, 6.45) is 50.1. The first-order valence-electron chi connectivity index (χ1n) is 33.7. The number of hydrogen-bond acceptors (Lipinski definition) is 4. The highest BCUT2D eigenvalue weighted by molar-refractivity contribution is 5.74. The van der Waals surface area contributed by atoms with Gasteiger partial charge >= 0.3 is 0 Å². The predicted molar refractivity (Wildman–Crippen MR) is 359 cm³/mol.